The summed E-state index contributed by atoms with van der Waals surface area (Å²) in [5.74, 6) is 1.05. The van der Waals surface area contributed by atoms with Crippen molar-refractivity contribution in [3.63, 3.8) is 0 Å². The summed E-state index contributed by atoms with van der Waals surface area (Å²) in [7, 11) is 0. The summed E-state index contributed by atoms with van der Waals surface area (Å²) >= 11 is 0. The van der Waals surface area contributed by atoms with E-state index in [1.54, 1.807) is 12.1 Å². The number of benzene rings is 1. The van der Waals surface area contributed by atoms with Crippen LogP contribution in [0.25, 0.3) is 0 Å². The molecule has 2 aliphatic rings. The maximum Gasteiger partial charge on any atom is 0.241 e. The first-order chi connectivity index (χ1) is 12.2. The van der Waals surface area contributed by atoms with Crippen molar-refractivity contribution >= 4 is 5.91 Å². The minimum Gasteiger partial charge on any atom is -0.352 e. The van der Waals surface area contributed by atoms with Crippen molar-refractivity contribution < 1.29 is 9.18 Å². The first kappa shape index (κ1) is 16.3. The molecule has 2 N–H and O–H groups in total. The van der Waals surface area contributed by atoms with Gasteiger partial charge in [-0.25, -0.2) is 9.37 Å². The summed E-state index contributed by atoms with van der Waals surface area (Å²) in [6, 6.07) is 6.00. The first-order valence-electron chi connectivity index (χ1n) is 9.01. The Morgan fingerprint density at radius 2 is 2.08 bits per heavy atom. The number of imidazole rings is 1. The zero-order valence-electron chi connectivity index (χ0n) is 14.1. The van der Waals surface area contributed by atoms with Crippen LogP contribution >= 0.6 is 0 Å². The lowest BCUT2D eigenvalue weighted by molar-refractivity contribution is -0.123. The number of amides is 1. The summed E-state index contributed by atoms with van der Waals surface area (Å²) in [5, 5.41) is 6.45. The van der Waals surface area contributed by atoms with Crippen LogP contribution in [0.4, 0.5) is 4.39 Å². The van der Waals surface area contributed by atoms with E-state index in [1.165, 1.54) is 12.1 Å². The predicted octanol–water partition coefficient (Wildman–Crippen LogP) is 2.51. The van der Waals surface area contributed by atoms with E-state index in [2.05, 4.69) is 20.2 Å². The molecule has 132 valence electrons. The van der Waals surface area contributed by atoms with E-state index in [4.69, 9.17) is 0 Å². The lowest BCUT2D eigenvalue weighted by Crippen LogP contribution is -2.40. The van der Waals surface area contributed by atoms with Gasteiger partial charge >= 0.3 is 0 Å². The van der Waals surface area contributed by atoms with Gasteiger partial charge in [0.15, 0.2) is 0 Å². The average molecular weight is 342 g/mol. The molecule has 0 radical (unpaired) electrons. The largest absolute Gasteiger partial charge is 0.352 e. The Labute approximate surface area is 146 Å². The fourth-order valence-corrected chi connectivity index (χ4v) is 3.49. The van der Waals surface area contributed by atoms with Crippen molar-refractivity contribution in [1.82, 2.24) is 20.2 Å². The van der Waals surface area contributed by atoms with Crippen molar-refractivity contribution in [2.24, 2.45) is 0 Å². The van der Waals surface area contributed by atoms with Crippen LogP contribution in [0.2, 0.25) is 0 Å². The van der Waals surface area contributed by atoms with Gasteiger partial charge in [-0.05, 0) is 43.4 Å². The molecule has 25 heavy (non-hydrogen) atoms. The molecular formula is C19H23FN4O. The molecular weight excluding hydrogens is 319 g/mol. The number of hydrogen-bond donors (Lipinski definition) is 2. The molecule has 1 saturated carbocycles. The quantitative estimate of drug-likeness (QED) is 0.848. The van der Waals surface area contributed by atoms with Gasteiger partial charge in [0.2, 0.25) is 5.91 Å². The molecule has 0 bridgehead atoms. The lowest BCUT2D eigenvalue weighted by atomic mass is 9.97. The summed E-state index contributed by atoms with van der Waals surface area (Å²) in [4.78, 5) is 17.1. The molecule has 2 heterocycles. The maximum absolute atomic E-state index is 13.2. The van der Waals surface area contributed by atoms with Gasteiger partial charge in [0.25, 0.3) is 0 Å². The second-order valence-corrected chi connectivity index (χ2v) is 6.99. The van der Waals surface area contributed by atoms with Crippen LogP contribution in [-0.4, -0.2) is 28.0 Å². The predicted molar refractivity (Wildman–Crippen MR) is 92.5 cm³/mol. The second-order valence-electron chi connectivity index (χ2n) is 6.99. The number of fused-ring (bicyclic) bond motifs is 1. The fraction of sp³-hybridized carbons (Fsp3) is 0.474. The van der Waals surface area contributed by atoms with Crippen molar-refractivity contribution in [2.45, 2.75) is 50.2 Å². The minimum absolute atomic E-state index is 0.0340. The summed E-state index contributed by atoms with van der Waals surface area (Å²) < 4.78 is 15.4. The third kappa shape index (κ3) is 3.74. The molecule has 1 aromatic heterocycles. The van der Waals surface area contributed by atoms with Gasteiger partial charge < -0.3 is 15.2 Å². The van der Waals surface area contributed by atoms with Gasteiger partial charge in [0.1, 0.15) is 17.7 Å². The van der Waals surface area contributed by atoms with Crippen LogP contribution < -0.4 is 10.6 Å². The Morgan fingerprint density at radius 3 is 2.84 bits per heavy atom. The lowest BCUT2D eigenvalue weighted by Gasteiger charge is -2.26. The van der Waals surface area contributed by atoms with Crippen molar-refractivity contribution in [3.8, 4) is 0 Å². The highest BCUT2D eigenvalue weighted by Crippen LogP contribution is 2.26. The first-order valence-corrected chi connectivity index (χ1v) is 9.01. The number of hydrogen-bond acceptors (Lipinski definition) is 3. The molecule has 6 heteroatoms. The SMILES string of the molecule is O=C(NC1CC1)C(NCC1CCCn2ccnc21)c1ccc(F)cc1. The van der Waals surface area contributed by atoms with Crippen molar-refractivity contribution in [3.05, 3.63) is 53.9 Å². The summed E-state index contributed by atoms with van der Waals surface area (Å²) in [6.45, 7) is 1.69. The van der Waals surface area contributed by atoms with Crippen molar-refractivity contribution in [2.75, 3.05) is 6.54 Å². The molecule has 0 saturated heterocycles. The Hall–Kier alpha value is -2.21. The van der Waals surface area contributed by atoms with Gasteiger partial charge in [-0.1, -0.05) is 12.1 Å². The Kier molecular flexibility index (Phi) is 4.53. The zero-order chi connectivity index (χ0) is 17.2. The van der Waals surface area contributed by atoms with E-state index in [-0.39, 0.29) is 11.7 Å². The van der Waals surface area contributed by atoms with E-state index in [0.717, 1.165) is 43.6 Å². The van der Waals surface area contributed by atoms with Crippen LogP contribution in [-0.2, 0) is 11.3 Å². The number of aryl methyl sites for hydroxylation is 1. The summed E-state index contributed by atoms with van der Waals surface area (Å²) in [5.41, 5.74) is 0.790. The third-order valence-electron chi connectivity index (χ3n) is 5.02. The average Bonchev–Trinajstić information content (AvgIpc) is 3.29. The highest BCUT2D eigenvalue weighted by Gasteiger charge is 2.29. The minimum atomic E-state index is -0.466. The normalized spacial score (nSPS) is 20.8. The number of carbonyl (C=O) groups is 1. The topological polar surface area (TPSA) is 59.0 Å². The van der Waals surface area contributed by atoms with Crippen LogP contribution in [0.5, 0.6) is 0 Å². The van der Waals surface area contributed by atoms with Gasteiger partial charge in [0.05, 0.1) is 0 Å². The number of rotatable bonds is 6. The van der Waals surface area contributed by atoms with Crippen LogP contribution in [0.1, 0.15) is 49.0 Å². The van der Waals surface area contributed by atoms with E-state index in [9.17, 15) is 9.18 Å². The van der Waals surface area contributed by atoms with Crippen LogP contribution in [0.3, 0.4) is 0 Å². The smallest absolute Gasteiger partial charge is 0.241 e. The molecule has 2 aromatic rings. The molecule has 2 unspecified atom stereocenters. The molecule has 1 aromatic carbocycles. The van der Waals surface area contributed by atoms with Crippen LogP contribution in [0.15, 0.2) is 36.7 Å². The van der Waals surface area contributed by atoms with E-state index in [1.807, 2.05) is 12.4 Å². The fourth-order valence-electron chi connectivity index (χ4n) is 3.49. The van der Waals surface area contributed by atoms with E-state index >= 15 is 0 Å². The molecule has 1 aliphatic carbocycles. The standard InChI is InChI=1S/C19H23FN4O/c20-15-5-3-13(4-6-15)17(19(25)23-16-7-8-16)22-12-14-2-1-10-24-11-9-21-18(14)24/h3-6,9,11,14,16-17,22H,1-2,7-8,10,12H2,(H,23,25). The number of carbonyl (C=O) groups excluding carboxylic acids is 1. The zero-order valence-corrected chi connectivity index (χ0v) is 14.1. The van der Waals surface area contributed by atoms with Gasteiger partial charge in [0, 0.05) is 37.4 Å². The van der Waals surface area contributed by atoms with Gasteiger partial charge in [-0.3, -0.25) is 4.79 Å². The molecule has 1 amide bonds. The Bertz CT molecular complexity index is 738. The molecule has 1 aliphatic heterocycles. The highest BCUT2D eigenvalue weighted by molar-refractivity contribution is 5.83. The van der Waals surface area contributed by atoms with E-state index < -0.39 is 6.04 Å². The number of nitrogens with zero attached hydrogens (tertiary/aromatic N) is 2. The summed E-state index contributed by atoms with van der Waals surface area (Å²) in [6.07, 6.45) is 8.11. The van der Waals surface area contributed by atoms with Crippen molar-refractivity contribution in [1.29, 1.82) is 0 Å². The van der Waals surface area contributed by atoms with E-state index in [0.29, 0.717) is 18.5 Å². The van der Waals surface area contributed by atoms with Gasteiger partial charge in [-0.2, -0.15) is 0 Å². The number of nitrogens with one attached hydrogen (secondary N) is 2. The molecule has 2 atom stereocenters. The monoisotopic (exact) mass is 342 g/mol. The Morgan fingerprint density at radius 1 is 1.28 bits per heavy atom. The highest BCUT2D eigenvalue weighted by atomic mass is 19.1. The molecule has 0 spiro atoms. The maximum atomic E-state index is 13.2. The molecule has 4 rings (SSSR count). The number of halogens is 1. The second kappa shape index (κ2) is 6.96. The molecule has 5 nitrogen and oxygen atoms in total. The van der Waals surface area contributed by atoms with Crippen LogP contribution in [0, 0.1) is 5.82 Å². The number of aromatic nitrogens is 2. The van der Waals surface area contributed by atoms with Gasteiger partial charge in [-0.15, -0.1) is 0 Å². The molecule has 1 fully saturated rings. The third-order valence-corrected chi connectivity index (χ3v) is 5.02. The Balaban J connectivity index is 1.48.